The summed E-state index contributed by atoms with van der Waals surface area (Å²) in [6, 6.07) is 6.34. The molecule has 2 atom stereocenters. The molecule has 1 aliphatic rings. The van der Waals surface area contributed by atoms with Crippen molar-refractivity contribution in [3.63, 3.8) is 0 Å². The molecule has 1 aliphatic heterocycles. The molecule has 0 spiro atoms. The zero-order valence-electron chi connectivity index (χ0n) is 11.1. The molecule has 7 heteroatoms. The Labute approximate surface area is 123 Å². The molecule has 0 radical (unpaired) electrons. The SMILES string of the molecule is CC(NC(=O)NC1CCS(=O)(=O)C1)c1ccccc1Cl. The van der Waals surface area contributed by atoms with Crippen LogP contribution in [0.5, 0.6) is 0 Å². The van der Waals surface area contributed by atoms with E-state index in [1.807, 2.05) is 25.1 Å². The van der Waals surface area contributed by atoms with Gasteiger partial charge in [0.1, 0.15) is 0 Å². The highest BCUT2D eigenvalue weighted by Crippen LogP contribution is 2.22. The zero-order chi connectivity index (χ0) is 14.8. The van der Waals surface area contributed by atoms with E-state index in [1.54, 1.807) is 6.07 Å². The average molecular weight is 317 g/mol. The van der Waals surface area contributed by atoms with Crippen LogP contribution in [0.3, 0.4) is 0 Å². The highest BCUT2D eigenvalue weighted by molar-refractivity contribution is 7.91. The lowest BCUT2D eigenvalue weighted by Gasteiger charge is -2.18. The van der Waals surface area contributed by atoms with Crippen LogP contribution in [0, 0.1) is 0 Å². The highest BCUT2D eigenvalue weighted by atomic mass is 35.5. The van der Waals surface area contributed by atoms with Crippen molar-refractivity contribution in [3.8, 4) is 0 Å². The number of nitrogens with one attached hydrogen (secondary N) is 2. The molecule has 110 valence electrons. The van der Waals surface area contributed by atoms with Gasteiger partial charge in [0.05, 0.1) is 17.5 Å². The molecule has 1 saturated heterocycles. The molecule has 2 unspecified atom stereocenters. The van der Waals surface area contributed by atoms with E-state index >= 15 is 0 Å². The van der Waals surface area contributed by atoms with Crippen LogP contribution in [0.1, 0.15) is 24.9 Å². The summed E-state index contributed by atoms with van der Waals surface area (Å²) in [6.07, 6.45) is 0.468. The molecule has 0 aromatic heterocycles. The van der Waals surface area contributed by atoms with Crippen LogP contribution in [0.25, 0.3) is 0 Å². The van der Waals surface area contributed by atoms with Crippen molar-refractivity contribution >= 4 is 27.5 Å². The minimum absolute atomic E-state index is 0.0148. The summed E-state index contributed by atoms with van der Waals surface area (Å²) < 4.78 is 22.6. The van der Waals surface area contributed by atoms with Gasteiger partial charge in [0.2, 0.25) is 0 Å². The standard InChI is InChI=1S/C13H17ClN2O3S/c1-9(11-4-2-3-5-12(11)14)15-13(17)16-10-6-7-20(18,19)8-10/h2-5,9-10H,6-8H2,1H3,(H2,15,16,17). The highest BCUT2D eigenvalue weighted by Gasteiger charge is 2.29. The third kappa shape index (κ3) is 3.86. The van der Waals surface area contributed by atoms with Gasteiger partial charge in [0, 0.05) is 11.1 Å². The first-order valence-electron chi connectivity index (χ1n) is 6.39. The lowest BCUT2D eigenvalue weighted by atomic mass is 10.1. The van der Waals surface area contributed by atoms with Gasteiger partial charge in [-0.05, 0) is 25.0 Å². The average Bonchev–Trinajstić information content (AvgIpc) is 2.68. The van der Waals surface area contributed by atoms with Crippen molar-refractivity contribution < 1.29 is 13.2 Å². The molecule has 2 amide bonds. The maximum absolute atomic E-state index is 11.8. The molecule has 0 saturated carbocycles. The quantitative estimate of drug-likeness (QED) is 0.894. The first kappa shape index (κ1) is 15.1. The van der Waals surface area contributed by atoms with Crippen LogP contribution in [0.2, 0.25) is 5.02 Å². The number of hydrogen-bond acceptors (Lipinski definition) is 3. The molecule has 20 heavy (non-hydrogen) atoms. The number of carbonyl (C=O) groups is 1. The number of halogens is 1. The third-order valence-electron chi connectivity index (χ3n) is 3.29. The van der Waals surface area contributed by atoms with Gasteiger partial charge in [-0.1, -0.05) is 29.8 Å². The Balaban J connectivity index is 1.90. The Morgan fingerprint density at radius 2 is 2.10 bits per heavy atom. The fourth-order valence-corrected chi connectivity index (χ4v) is 4.21. The van der Waals surface area contributed by atoms with E-state index in [1.165, 1.54) is 0 Å². The molecule has 1 aromatic carbocycles. The van der Waals surface area contributed by atoms with E-state index in [4.69, 9.17) is 11.6 Å². The van der Waals surface area contributed by atoms with Gasteiger partial charge in [0.25, 0.3) is 0 Å². The van der Waals surface area contributed by atoms with Gasteiger partial charge in [-0.15, -0.1) is 0 Å². The smallest absolute Gasteiger partial charge is 0.315 e. The number of amides is 2. The van der Waals surface area contributed by atoms with E-state index in [-0.39, 0.29) is 29.6 Å². The summed E-state index contributed by atoms with van der Waals surface area (Å²) in [5.74, 6) is 0.152. The van der Waals surface area contributed by atoms with E-state index in [0.717, 1.165) is 5.56 Å². The van der Waals surface area contributed by atoms with E-state index in [0.29, 0.717) is 11.4 Å². The van der Waals surface area contributed by atoms with E-state index in [9.17, 15) is 13.2 Å². The maximum Gasteiger partial charge on any atom is 0.315 e. The van der Waals surface area contributed by atoms with Crippen LogP contribution < -0.4 is 10.6 Å². The second-order valence-corrected chi connectivity index (χ2v) is 7.60. The number of hydrogen-bond donors (Lipinski definition) is 2. The Morgan fingerprint density at radius 1 is 1.40 bits per heavy atom. The Morgan fingerprint density at radius 3 is 2.70 bits per heavy atom. The monoisotopic (exact) mass is 316 g/mol. The summed E-state index contributed by atoms with van der Waals surface area (Å²) in [5, 5.41) is 6.03. The molecule has 1 fully saturated rings. The van der Waals surface area contributed by atoms with Gasteiger partial charge in [-0.2, -0.15) is 0 Å². The number of carbonyl (C=O) groups excluding carboxylic acids is 1. The topological polar surface area (TPSA) is 75.3 Å². The predicted octanol–water partition coefficient (Wildman–Crippen LogP) is 1.89. The third-order valence-corrected chi connectivity index (χ3v) is 5.40. The summed E-state index contributed by atoms with van der Waals surface area (Å²) in [6.45, 7) is 1.83. The van der Waals surface area contributed by atoms with E-state index in [2.05, 4.69) is 10.6 Å². The fraction of sp³-hybridized carbons (Fsp3) is 0.462. The van der Waals surface area contributed by atoms with Crippen molar-refractivity contribution in [1.82, 2.24) is 10.6 Å². The van der Waals surface area contributed by atoms with Crippen molar-refractivity contribution in [2.75, 3.05) is 11.5 Å². The van der Waals surface area contributed by atoms with Crippen LogP contribution in [0.15, 0.2) is 24.3 Å². The summed E-state index contributed by atoms with van der Waals surface area (Å²) >= 11 is 6.06. The van der Waals surface area contributed by atoms with Crippen molar-refractivity contribution in [1.29, 1.82) is 0 Å². The minimum Gasteiger partial charge on any atom is -0.334 e. The molecular formula is C13H17ClN2O3S. The van der Waals surface area contributed by atoms with Gasteiger partial charge in [-0.25, -0.2) is 13.2 Å². The second kappa shape index (κ2) is 6.01. The molecule has 1 heterocycles. The van der Waals surface area contributed by atoms with E-state index < -0.39 is 9.84 Å². The summed E-state index contributed by atoms with van der Waals surface area (Å²) in [5.41, 5.74) is 0.823. The number of urea groups is 1. The number of benzene rings is 1. The van der Waals surface area contributed by atoms with Crippen LogP contribution in [0.4, 0.5) is 4.79 Å². The zero-order valence-corrected chi connectivity index (χ0v) is 12.7. The lowest BCUT2D eigenvalue weighted by molar-refractivity contribution is 0.235. The van der Waals surface area contributed by atoms with Gasteiger partial charge < -0.3 is 10.6 Å². The molecule has 2 rings (SSSR count). The van der Waals surface area contributed by atoms with Gasteiger partial charge in [-0.3, -0.25) is 0 Å². The molecule has 0 bridgehead atoms. The predicted molar refractivity (Wildman–Crippen MR) is 78.6 cm³/mol. The van der Waals surface area contributed by atoms with Crippen molar-refractivity contribution in [2.24, 2.45) is 0 Å². The minimum atomic E-state index is -2.99. The maximum atomic E-state index is 11.8. The Hall–Kier alpha value is -1.27. The fourth-order valence-electron chi connectivity index (χ4n) is 2.24. The largest absolute Gasteiger partial charge is 0.334 e. The van der Waals surface area contributed by atoms with Crippen LogP contribution in [-0.2, 0) is 9.84 Å². The normalized spacial score (nSPS) is 22.2. The molecule has 5 nitrogen and oxygen atoms in total. The molecular weight excluding hydrogens is 300 g/mol. The Kier molecular flexibility index (Phi) is 4.55. The van der Waals surface area contributed by atoms with Crippen molar-refractivity contribution in [3.05, 3.63) is 34.9 Å². The van der Waals surface area contributed by atoms with Crippen LogP contribution >= 0.6 is 11.6 Å². The Bertz CT molecular complexity index is 603. The molecule has 1 aromatic rings. The van der Waals surface area contributed by atoms with Gasteiger partial charge >= 0.3 is 6.03 Å². The second-order valence-electron chi connectivity index (χ2n) is 4.96. The van der Waals surface area contributed by atoms with Crippen LogP contribution in [-0.4, -0.2) is 32.0 Å². The summed E-state index contributed by atoms with van der Waals surface area (Å²) in [4.78, 5) is 11.8. The van der Waals surface area contributed by atoms with Gasteiger partial charge in [0.15, 0.2) is 9.84 Å². The van der Waals surface area contributed by atoms with Crippen molar-refractivity contribution in [2.45, 2.75) is 25.4 Å². The number of rotatable bonds is 3. The number of sulfone groups is 1. The molecule has 0 aliphatic carbocycles. The summed E-state index contributed by atoms with van der Waals surface area (Å²) in [7, 11) is -2.99. The lowest BCUT2D eigenvalue weighted by Crippen LogP contribution is -2.43. The first-order chi connectivity index (χ1) is 9.37. The first-order valence-corrected chi connectivity index (χ1v) is 8.59. The molecule has 2 N–H and O–H groups in total.